The molecule has 2 aromatic rings. The van der Waals surface area contributed by atoms with Crippen molar-refractivity contribution in [2.75, 3.05) is 13.2 Å². The fourth-order valence-electron chi connectivity index (χ4n) is 2.25. The molecule has 0 fully saturated rings. The SMILES string of the molecule is CCCNC(c1ccc(OCCC)cc1)c1ccn(C)n1. The van der Waals surface area contributed by atoms with Gasteiger partial charge in [-0.1, -0.05) is 26.0 Å². The minimum absolute atomic E-state index is 0.131. The first kappa shape index (κ1) is 15.6. The Morgan fingerprint density at radius 2 is 1.90 bits per heavy atom. The fourth-order valence-corrected chi connectivity index (χ4v) is 2.25. The molecular formula is C17H25N3O. The number of hydrogen-bond donors (Lipinski definition) is 1. The van der Waals surface area contributed by atoms with Gasteiger partial charge in [-0.2, -0.15) is 5.10 Å². The van der Waals surface area contributed by atoms with Crippen molar-refractivity contribution in [3.05, 3.63) is 47.8 Å². The van der Waals surface area contributed by atoms with Crippen molar-refractivity contribution in [3.8, 4) is 5.75 Å². The Morgan fingerprint density at radius 1 is 1.14 bits per heavy atom. The van der Waals surface area contributed by atoms with Crippen molar-refractivity contribution in [2.45, 2.75) is 32.7 Å². The quantitative estimate of drug-likeness (QED) is 0.809. The number of aromatic nitrogens is 2. The van der Waals surface area contributed by atoms with E-state index in [-0.39, 0.29) is 6.04 Å². The molecule has 21 heavy (non-hydrogen) atoms. The molecule has 0 saturated heterocycles. The molecule has 114 valence electrons. The van der Waals surface area contributed by atoms with E-state index in [9.17, 15) is 0 Å². The highest BCUT2D eigenvalue weighted by Gasteiger charge is 2.15. The average molecular weight is 287 g/mol. The van der Waals surface area contributed by atoms with E-state index in [1.807, 2.05) is 30.1 Å². The van der Waals surface area contributed by atoms with Gasteiger partial charge in [0.05, 0.1) is 18.3 Å². The molecule has 0 aliphatic rings. The molecule has 0 bridgehead atoms. The maximum atomic E-state index is 5.64. The second kappa shape index (κ2) is 7.84. The van der Waals surface area contributed by atoms with Crippen LogP contribution in [-0.2, 0) is 7.05 Å². The fraction of sp³-hybridized carbons (Fsp3) is 0.471. The van der Waals surface area contributed by atoms with Crippen LogP contribution in [0.25, 0.3) is 0 Å². The normalized spacial score (nSPS) is 12.3. The predicted molar refractivity (Wildman–Crippen MR) is 85.6 cm³/mol. The number of aryl methyl sites for hydroxylation is 1. The van der Waals surface area contributed by atoms with Crippen LogP contribution in [-0.4, -0.2) is 22.9 Å². The molecule has 0 amide bonds. The van der Waals surface area contributed by atoms with Crippen LogP contribution in [0.2, 0.25) is 0 Å². The van der Waals surface area contributed by atoms with Gasteiger partial charge < -0.3 is 10.1 Å². The van der Waals surface area contributed by atoms with E-state index in [4.69, 9.17) is 4.74 Å². The number of hydrogen-bond acceptors (Lipinski definition) is 3. The lowest BCUT2D eigenvalue weighted by molar-refractivity contribution is 0.317. The van der Waals surface area contributed by atoms with Gasteiger partial charge >= 0.3 is 0 Å². The molecule has 0 radical (unpaired) electrons. The monoisotopic (exact) mass is 287 g/mol. The summed E-state index contributed by atoms with van der Waals surface area (Å²) >= 11 is 0. The van der Waals surface area contributed by atoms with Gasteiger partial charge in [0, 0.05) is 13.2 Å². The number of ether oxygens (including phenoxy) is 1. The van der Waals surface area contributed by atoms with Gasteiger partial charge in [-0.05, 0) is 43.1 Å². The van der Waals surface area contributed by atoms with Crippen molar-refractivity contribution >= 4 is 0 Å². The lowest BCUT2D eigenvalue weighted by Crippen LogP contribution is -2.23. The zero-order valence-corrected chi connectivity index (χ0v) is 13.2. The van der Waals surface area contributed by atoms with E-state index in [2.05, 4.69) is 42.5 Å². The van der Waals surface area contributed by atoms with Crippen LogP contribution in [0.4, 0.5) is 0 Å². The Bertz CT molecular complexity index is 533. The van der Waals surface area contributed by atoms with Crippen LogP contribution in [0.1, 0.15) is 44.0 Å². The smallest absolute Gasteiger partial charge is 0.119 e. The van der Waals surface area contributed by atoms with Crippen molar-refractivity contribution in [3.63, 3.8) is 0 Å². The summed E-state index contributed by atoms with van der Waals surface area (Å²) < 4.78 is 7.48. The second-order valence-electron chi connectivity index (χ2n) is 5.22. The van der Waals surface area contributed by atoms with E-state index >= 15 is 0 Å². The van der Waals surface area contributed by atoms with E-state index < -0.39 is 0 Å². The average Bonchev–Trinajstić information content (AvgIpc) is 2.93. The number of nitrogens with zero attached hydrogens (tertiary/aromatic N) is 2. The van der Waals surface area contributed by atoms with E-state index in [0.29, 0.717) is 0 Å². The summed E-state index contributed by atoms with van der Waals surface area (Å²) in [5.41, 5.74) is 2.26. The van der Waals surface area contributed by atoms with Crippen LogP contribution in [0.15, 0.2) is 36.5 Å². The van der Waals surface area contributed by atoms with Crippen molar-refractivity contribution in [1.82, 2.24) is 15.1 Å². The highest BCUT2D eigenvalue weighted by atomic mass is 16.5. The Morgan fingerprint density at radius 3 is 2.48 bits per heavy atom. The summed E-state index contributed by atoms with van der Waals surface area (Å²) in [5.74, 6) is 0.927. The maximum Gasteiger partial charge on any atom is 0.119 e. The van der Waals surface area contributed by atoms with E-state index in [1.54, 1.807) is 0 Å². The zero-order chi connectivity index (χ0) is 15.1. The molecule has 4 heteroatoms. The van der Waals surface area contributed by atoms with E-state index in [1.165, 1.54) is 5.56 Å². The van der Waals surface area contributed by atoms with Crippen LogP contribution in [0.3, 0.4) is 0 Å². The van der Waals surface area contributed by atoms with Gasteiger partial charge in [0.25, 0.3) is 0 Å². The summed E-state index contributed by atoms with van der Waals surface area (Å²) in [7, 11) is 1.95. The third-order valence-corrected chi connectivity index (χ3v) is 3.31. The lowest BCUT2D eigenvalue weighted by Gasteiger charge is -2.17. The summed E-state index contributed by atoms with van der Waals surface area (Å²) in [6.45, 7) is 6.01. The van der Waals surface area contributed by atoms with Crippen LogP contribution in [0.5, 0.6) is 5.75 Å². The predicted octanol–water partition coefficient (Wildman–Crippen LogP) is 3.30. The molecule has 1 heterocycles. The van der Waals surface area contributed by atoms with Crippen LogP contribution >= 0.6 is 0 Å². The highest BCUT2D eigenvalue weighted by Crippen LogP contribution is 2.23. The Hall–Kier alpha value is -1.81. The standard InChI is InChI=1S/C17H25N3O/c1-4-11-18-17(16-10-12-20(3)19-16)14-6-8-15(9-7-14)21-13-5-2/h6-10,12,17-18H,4-5,11,13H2,1-3H3. The summed E-state index contributed by atoms with van der Waals surface area (Å²) in [6.07, 6.45) is 4.10. The third kappa shape index (κ3) is 4.33. The third-order valence-electron chi connectivity index (χ3n) is 3.31. The molecule has 0 saturated carbocycles. The van der Waals surface area contributed by atoms with Gasteiger partial charge in [0.2, 0.25) is 0 Å². The number of benzene rings is 1. The molecular weight excluding hydrogens is 262 g/mol. The molecule has 0 aliphatic carbocycles. The topological polar surface area (TPSA) is 39.1 Å². The number of rotatable bonds is 8. The first-order valence-electron chi connectivity index (χ1n) is 7.70. The Balaban J connectivity index is 2.16. The largest absolute Gasteiger partial charge is 0.494 e. The molecule has 0 aliphatic heterocycles. The van der Waals surface area contributed by atoms with Crippen LogP contribution in [0, 0.1) is 0 Å². The molecule has 0 spiro atoms. The van der Waals surface area contributed by atoms with Crippen molar-refractivity contribution in [1.29, 1.82) is 0 Å². The minimum atomic E-state index is 0.131. The lowest BCUT2D eigenvalue weighted by atomic mass is 10.0. The minimum Gasteiger partial charge on any atom is -0.494 e. The molecule has 1 N–H and O–H groups in total. The van der Waals surface area contributed by atoms with Crippen LogP contribution < -0.4 is 10.1 Å². The van der Waals surface area contributed by atoms with Gasteiger partial charge in [0.15, 0.2) is 0 Å². The van der Waals surface area contributed by atoms with Crippen molar-refractivity contribution in [2.24, 2.45) is 7.05 Å². The first-order valence-corrected chi connectivity index (χ1v) is 7.70. The maximum absolute atomic E-state index is 5.64. The molecule has 1 atom stereocenters. The Labute approximate surface area is 127 Å². The van der Waals surface area contributed by atoms with Gasteiger partial charge in [-0.15, -0.1) is 0 Å². The van der Waals surface area contributed by atoms with Gasteiger partial charge in [-0.25, -0.2) is 0 Å². The second-order valence-corrected chi connectivity index (χ2v) is 5.22. The van der Waals surface area contributed by atoms with Gasteiger partial charge in [-0.3, -0.25) is 4.68 Å². The first-order chi connectivity index (χ1) is 10.2. The van der Waals surface area contributed by atoms with E-state index in [0.717, 1.165) is 37.4 Å². The molecule has 4 nitrogen and oxygen atoms in total. The summed E-state index contributed by atoms with van der Waals surface area (Å²) in [5, 5.41) is 8.10. The molecule has 1 aromatic carbocycles. The molecule has 2 rings (SSSR count). The van der Waals surface area contributed by atoms with Crippen molar-refractivity contribution < 1.29 is 4.74 Å². The van der Waals surface area contributed by atoms with Gasteiger partial charge in [0.1, 0.15) is 5.75 Å². The Kier molecular flexibility index (Phi) is 5.81. The molecule has 1 aromatic heterocycles. The number of nitrogens with one attached hydrogen (secondary N) is 1. The highest BCUT2D eigenvalue weighted by molar-refractivity contribution is 5.33. The summed E-state index contributed by atoms with van der Waals surface area (Å²) in [4.78, 5) is 0. The summed E-state index contributed by atoms with van der Waals surface area (Å²) in [6, 6.07) is 10.5. The molecule has 1 unspecified atom stereocenters. The zero-order valence-electron chi connectivity index (χ0n) is 13.2.